The standard InChI is InChI=1S/C18H19ClN2O3/c1-12(24-16-9-7-14(19)8-10-16)17(22)20-15-6-4-5-13(11-15)18(23)21(2)3/h4-12H,1-3H3,(H,20,22)/t12-/m1/s1. The first-order chi connectivity index (χ1) is 11.4. The highest BCUT2D eigenvalue weighted by Gasteiger charge is 2.16. The van der Waals surface area contributed by atoms with E-state index >= 15 is 0 Å². The summed E-state index contributed by atoms with van der Waals surface area (Å²) >= 11 is 5.81. The van der Waals surface area contributed by atoms with Crippen molar-refractivity contribution in [3.05, 3.63) is 59.1 Å². The summed E-state index contributed by atoms with van der Waals surface area (Å²) in [6.45, 7) is 1.65. The SMILES string of the molecule is C[C@@H](Oc1ccc(Cl)cc1)C(=O)Nc1cccc(C(=O)N(C)C)c1. The fourth-order valence-electron chi connectivity index (χ4n) is 2.00. The summed E-state index contributed by atoms with van der Waals surface area (Å²) in [5, 5.41) is 3.35. The minimum atomic E-state index is -0.695. The Labute approximate surface area is 146 Å². The van der Waals surface area contributed by atoms with Crippen LogP contribution in [0, 0.1) is 0 Å². The molecular formula is C18H19ClN2O3. The fraction of sp³-hybridized carbons (Fsp3) is 0.222. The summed E-state index contributed by atoms with van der Waals surface area (Å²) in [6, 6.07) is 13.6. The van der Waals surface area contributed by atoms with Crippen molar-refractivity contribution in [2.45, 2.75) is 13.0 Å². The third kappa shape index (κ3) is 4.73. The van der Waals surface area contributed by atoms with Gasteiger partial charge in [0.05, 0.1) is 0 Å². The molecule has 0 aromatic heterocycles. The maximum atomic E-state index is 12.2. The first-order valence-electron chi connectivity index (χ1n) is 7.41. The molecule has 0 spiro atoms. The Morgan fingerprint density at radius 3 is 2.42 bits per heavy atom. The highest BCUT2D eigenvalue weighted by Crippen LogP contribution is 2.18. The molecule has 0 bridgehead atoms. The van der Waals surface area contributed by atoms with Crippen LogP contribution in [0.5, 0.6) is 5.75 Å². The summed E-state index contributed by atoms with van der Waals surface area (Å²) in [5.41, 5.74) is 1.04. The molecule has 2 aromatic rings. The van der Waals surface area contributed by atoms with Gasteiger partial charge >= 0.3 is 0 Å². The summed E-state index contributed by atoms with van der Waals surface area (Å²) in [6.07, 6.45) is -0.695. The molecule has 6 heteroatoms. The zero-order valence-corrected chi connectivity index (χ0v) is 14.5. The van der Waals surface area contributed by atoms with Crippen molar-refractivity contribution in [2.75, 3.05) is 19.4 Å². The van der Waals surface area contributed by atoms with Crippen LogP contribution in [0.25, 0.3) is 0 Å². The van der Waals surface area contributed by atoms with Gasteiger partial charge in [0.15, 0.2) is 6.10 Å². The van der Waals surface area contributed by atoms with Crippen molar-refractivity contribution in [3.63, 3.8) is 0 Å². The van der Waals surface area contributed by atoms with Crippen molar-refractivity contribution < 1.29 is 14.3 Å². The lowest BCUT2D eigenvalue weighted by atomic mass is 10.1. The highest BCUT2D eigenvalue weighted by molar-refractivity contribution is 6.30. The van der Waals surface area contributed by atoms with Crippen LogP contribution in [-0.4, -0.2) is 36.9 Å². The number of benzene rings is 2. The smallest absolute Gasteiger partial charge is 0.265 e. The van der Waals surface area contributed by atoms with Gasteiger partial charge in [0, 0.05) is 30.4 Å². The number of rotatable bonds is 5. The molecule has 0 aliphatic carbocycles. The molecule has 0 saturated heterocycles. The Morgan fingerprint density at radius 1 is 1.12 bits per heavy atom. The number of anilines is 1. The second-order valence-electron chi connectivity index (χ2n) is 5.48. The lowest BCUT2D eigenvalue weighted by molar-refractivity contribution is -0.122. The van der Waals surface area contributed by atoms with Gasteiger partial charge in [-0.2, -0.15) is 0 Å². The first-order valence-corrected chi connectivity index (χ1v) is 7.79. The monoisotopic (exact) mass is 346 g/mol. The second-order valence-corrected chi connectivity index (χ2v) is 5.92. The first kappa shape index (κ1) is 17.8. The summed E-state index contributed by atoms with van der Waals surface area (Å²) in [4.78, 5) is 25.7. The normalized spacial score (nSPS) is 11.5. The Balaban J connectivity index is 2.02. The number of nitrogens with zero attached hydrogens (tertiary/aromatic N) is 1. The van der Waals surface area contributed by atoms with Gasteiger partial charge in [-0.25, -0.2) is 0 Å². The third-order valence-electron chi connectivity index (χ3n) is 3.28. The number of halogens is 1. The largest absolute Gasteiger partial charge is 0.481 e. The van der Waals surface area contributed by atoms with E-state index in [9.17, 15) is 9.59 Å². The lowest BCUT2D eigenvalue weighted by Gasteiger charge is -2.15. The van der Waals surface area contributed by atoms with Crippen molar-refractivity contribution in [2.24, 2.45) is 0 Å². The predicted octanol–water partition coefficient (Wildman–Crippen LogP) is 3.45. The van der Waals surface area contributed by atoms with Gasteiger partial charge in [-0.3, -0.25) is 9.59 Å². The van der Waals surface area contributed by atoms with E-state index in [1.165, 1.54) is 4.90 Å². The summed E-state index contributed by atoms with van der Waals surface area (Å²) in [7, 11) is 3.35. The molecule has 0 heterocycles. The topological polar surface area (TPSA) is 58.6 Å². The van der Waals surface area contributed by atoms with Crippen LogP contribution in [0.1, 0.15) is 17.3 Å². The Kier molecular flexibility index (Phi) is 5.82. The molecule has 0 aliphatic heterocycles. The van der Waals surface area contributed by atoms with E-state index in [1.807, 2.05) is 0 Å². The van der Waals surface area contributed by atoms with Crippen LogP contribution in [0.2, 0.25) is 5.02 Å². The molecule has 0 saturated carbocycles. The maximum Gasteiger partial charge on any atom is 0.265 e. The van der Waals surface area contributed by atoms with Crippen molar-refractivity contribution >= 4 is 29.1 Å². The minimum absolute atomic E-state index is 0.128. The van der Waals surface area contributed by atoms with Crippen LogP contribution in [0.3, 0.4) is 0 Å². The Morgan fingerprint density at radius 2 is 1.79 bits per heavy atom. The molecule has 2 rings (SSSR count). The molecule has 5 nitrogen and oxygen atoms in total. The van der Waals surface area contributed by atoms with E-state index in [1.54, 1.807) is 69.6 Å². The number of nitrogens with one attached hydrogen (secondary N) is 1. The van der Waals surface area contributed by atoms with Gasteiger partial charge in [-0.05, 0) is 49.4 Å². The summed E-state index contributed by atoms with van der Waals surface area (Å²) < 4.78 is 5.57. The average Bonchev–Trinajstić information content (AvgIpc) is 2.56. The van der Waals surface area contributed by atoms with E-state index in [2.05, 4.69) is 5.32 Å². The number of hydrogen-bond acceptors (Lipinski definition) is 3. The van der Waals surface area contributed by atoms with Gasteiger partial charge < -0.3 is 15.0 Å². The van der Waals surface area contributed by atoms with E-state index in [4.69, 9.17) is 16.3 Å². The van der Waals surface area contributed by atoms with E-state index in [0.29, 0.717) is 22.0 Å². The molecule has 2 amide bonds. The van der Waals surface area contributed by atoms with Gasteiger partial charge in [-0.1, -0.05) is 17.7 Å². The number of amides is 2. The molecule has 0 fully saturated rings. The number of carbonyl (C=O) groups excluding carboxylic acids is 2. The number of ether oxygens (including phenoxy) is 1. The maximum absolute atomic E-state index is 12.2. The molecule has 0 radical (unpaired) electrons. The molecule has 0 unspecified atom stereocenters. The van der Waals surface area contributed by atoms with Crippen LogP contribution in [0.4, 0.5) is 5.69 Å². The average molecular weight is 347 g/mol. The van der Waals surface area contributed by atoms with E-state index in [0.717, 1.165) is 0 Å². The number of carbonyl (C=O) groups is 2. The van der Waals surface area contributed by atoms with Crippen LogP contribution in [0.15, 0.2) is 48.5 Å². The fourth-order valence-corrected chi connectivity index (χ4v) is 2.13. The highest BCUT2D eigenvalue weighted by atomic mass is 35.5. The Hall–Kier alpha value is -2.53. The van der Waals surface area contributed by atoms with Crippen LogP contribution < -0.4 is 10.1 Å². The van der Waals surface area contributed by atoms with Crippen LogP contribution in [-0.2, 0) is 4.79 Å². The van der Waals surface area contributed by atoms with Gasteiger partial charge in [0.25, 0.3) is 11.8 Å². The van der Waals surface area contributed by atoms with Crippen molar-refractivity contribution in [1.82, 2.24) is 4.90 Å². The molecule has 24 heavy (non-hydrogen) atoms. The third-order valence-corrected chi connectivity index (χ3v) is 3.53. The van der Waals surface area contributed by atoms with Gasteiger partial charge in [0.1, 0.15) is 5.75 Å². The molecule has 126 valence electrons. The van der Waals surface area contributed by atoms with E-state index in [-0.39, 0.29) is 11.8 Å². The zero-order chi connectivity index (χ0) is 17.7. The number of hydrogen-bond donors (Lipinski definition) is 1. The second kappa shape index (κ2) is 7.84. The molecular weight excluding hydrogens is 328 g/mol. The van der Waals surface area contributed by atoms with E-state index < -0.39 is 6.10 Å². The molecule has 1 N–H and O–H groups in total. The lowest BCUT2D eigenvalue weighted by Crippen LogP contribution is -2.30. The molecule has 2 aromatic carbocycles. The zero-order valence-electron chi connectivity index (χ0n) is 13.7. The van der Waals surface area contributed by atoms with Gasteiger partial charge in [-0.15, -0.1) is 0 Å². The minimum Gasteiger partial charge on any atom is -0.481 e. The quantitative estimate of drug-likeness (QED) is 0.902. The van der Waals surface area contributed by atoms with Crippen LogP contribution >= 0.6 is 11.6 Å². The Bertz CT molecular complexity index is 729. The summed E-state index contributed by atoms with van der Waals surface area (Å²) in [5.74, 6) is 0.120. The van der Waals surface area contributed by atoms with Crippen molar-refractivity contribution in [3.8, 4) is 5.75 Å². The van der Waals surface area contributed by atoms with Crippen molar-refractivity contribution in [1.29, 1.82) is 0 Å². The molecule has 1 atom stereocenters. The van der Waals surface area contributed by atoms with Gasteiger partial charge in [0.2, 0.25) is 0 Å². The molecule has 0 aliphatic rings. The predicted molar refractivity (Wildman–Crippen MR) is 94.6 cm³/mol.